The molecule has 0 radical (unpaired) electrons. The number of carbonyl (C=O) groups excluding carboxylic acids is 1. The van der Waals surface area contributed by atoms with Gasteiger partial charge in [0.1, 0.15) is 11.1 Å². The van der Waals surface area contributed by atoms with E-state index in [1.54, 1.807) is 0 Å². The zero-order valence-corrected chi connectivity index (χ0v) is 6.87. The molecule has 0 spiro atoms. The lowest BCUT2D eigenvalue weighted by atomic mass is 10.3. The van der Waals surface area contributed by atoms with Gasteiger partial charge < -0.3 is 4.98 Å². The Morgan fingerprint density at radius 3 is 3.14 bits per heavy atom. The molecule has 68 valence electrons. The molecule has 2 rings (SSSR count). The zero-order valence-electron chi connectivity index (χ0n) is 6.87. The average Bonchev–Trinajstić information content (AvgIpc) is 2.59. The molecule has 14 heavy (non-hydrogen) atoms. The highest BCUT2D eigenvalue weighted by Crippen LogP contribution is 2.05. The summed E-state index contributed by atoms with van der Waals surface area (Å²) in [5.41, 5.74) is 0.240. The van der Waals surface area contributed by atoms with Crippen molar-refractivity contribution in [1.82, 2.24) is 20.2 Å². The smallest absolute Gasteiger partial charge is 0.263 e. The molecule has 2 aromatic rings. The van der Waals surface area contributed by atoms with Gasteiger partial charge in [-0.15, -0.1) is 0 Å². The van der Waals surface area contributed by atoms with Crippen molar-refractivity contribution in [2.45, 2.75) is 0 Å². The fourth-order valence-corrected chi connectivity index (χ4v) is 1.06. The van der Waals surface area contributed by atoms with E-state index in [0.717, 1.165) is 0 Å². The summed E-state index contributed by atoms with van der Waals surface area (Å²) >= 11 is 0. The first kappa shape index (κ1) is 8.19. The Kier molecular flexibility index (Phi) is 1.84. The zero-order chi connectivity index (χ0) is 9.97. The third-order valence-corrected chi connectivity index (χ3v) is 1.61. The predicted octanol–water partition coefficient (Wildman–Crippen LogP) is -0.803. The highest BCUT2D eigenvalue weighted by Gasteiger charge is 2.07. The second-order valence-corrected chi connectivity index (χ2v) is 2.42. The van der Waals surface area contributed by atoms with Crippen LogP contribution in [-0.2, 0) is 4.79 Å². The summed E-state index contributed by atoms with van der Waals surface area (Å²) < 4.78 is 0. The van der Waals surface area contributed by atoms with Crippen LogP contribution in [-0.4, -0.2) is 26.5 Å². The van der Waals surface area contributed by atoms with E-state index in [2.05, 4.69) is 32.0 Å². The van der Waals surface area contributed by atoms with E-state index in [1.165, 1.54) is 6.33 Å². The largest absolute Gasteiger partial charge is 0.312 e. The molecule has 6 nitrogen and oxygen atoms in total. The van der Waals surface area contributed by atoms with Crippen LogP contribution in [0.4, 0.5) is 0 Å². The fraction of sp³-hybridized carbons (Fsp3) is 0. The van der Waals surface area contributed by atoms with Gasteiger partial charge >= 0.3 is 0 Å². The summed E-state index contributed by atoms with van der Waals surface area (Å²) in [5.74, 6) is 4.65. The summed E-state index contributed by atoms with van der Waals surface area (Å²) in [5, 5.41) is 6.55. The highest BCUT2D eigenvalue weighted by molar-refractivity contribution is 5.82. The number of hydrogen-bond acceptors (Lipinski definition) is 4. The minimum absolute atomic E-state index is 0.266. The molecular formula is C8H4N4O2. The molecule has 2 aromatic heterocycles. The van der Waals surface area contributed by atoms with Gasteiger partial charge in [0, 0.05) is 0 Å². The molecule has 0 aromatic carbocycles. The maximum Gasteiger partial charge on any atom is 0.263 e. The first-order valence-electron chi connectivity index (χ1n) is 3.70. The molecule has 0 saturated heterocycles. The van der Waals surface area contributed by atoms with Gasteiger partial charge in [0.25, 0.3) is 5.56 Å². The van der Waals surface area contributed by atoms with Crippen molar-refractivity contribution in [2.75, 3.05) is 0 Å². The molecule has 0 aliphatic rings. The van der Waals surface area contributed by atoms with Crippen LogP contribution < -0.4 is 5.56 Å². The van der Waals surface area contributed by atoms with Crippen molar-refractivity contribution in [3.05, 3.63) is 22.4 Å². The van der Waals surface area contributed by atoms with Gasteiger partial charge in [0.05, 0.1) is 6.33 Å². The SMILES string of the molecule is O=CC#Cc1[nH]nc2nc[nH]c(=O)c12. The molecule has 0 amide bonds. The Balaban J connectivity index is 2.79. The quantitative estimate of drug-likeness (QED) is 0.418. The van der Waals surface area contributed by atoms with Crippen molar-refractivity contribution in [1.29, 1.82) is 0 Å². The van der Waals surface area contributed by atoms with E-state index in [1.807, 2.05) is 0 Å². The van der Waals surface area contributed by atoms with E-state index in [9.17, 15) is 9.59 Å². The lowest BCUT2D eigenvalue weighted by molar-refractivity contribution is -0.103. The van der Waals surface area contributed by atoms with E-state index in [4.69, 9.17) is 0 Å². The number of carbonyl (C=O) groups is 1. The second-order valence-electron chi connectivity index (χ2n) is 2.42. The standard InChI is InChI=1S/C8H4N4O2/c13-3-1-2-5-6-7(12-11-5)9-4-10-8(6)14/h3-4H,(H2,9,10,11,12,14). The summed E-state index contributed by atoms with van der Waals surface area (Å²) in [4.78, 5) is 27.5. The molecule has 0 saturated carbocycles. The number of rotatable bonds is 0. The predicted molar refractivity (Wildman–Crippen MR) is 47.5 cm³/mol. The van der Waals surface area contributed by atoms with Gasteiger partial charge in [-0.3, -0.25) is 14.7 Å². The fourth-order valence-electron chi connectivity index (χ4n) is 1.06. The highest BCUT2D eigenvalue weighted by atomic mass is 16.1. The summed E-state index contributed by atoms with van der Waals surface area (Å²) in [6.45, 7) is 0. The third kappa shape index (κ3) is 1.17. The lowest BCUT2D eigenvalue weighted by Gasteiger charge is -1.84. The Hall–Kier alpha value is -2.42. The van der Waals surface area contributed by atoms with Crippen molar-refractivity contribution in [3.8, 4) is 11.8 Å². The van der Waals surface area contributed by atoms with Crippen LogP contribution in [0.25, 0.3) is 11.0 Å². The van der Waals surface area contributed by atoms with Crippen LogP contribution in [0.15, 0.2) is 11.1 Å². The van der Waals surface area contributed by atoms with Crippen LogP contribution in [0.1, 0.15) is 5.69 Å². The van der Waals surface area contributed by atoms with Crippen molar-refractivity contribution in [3.63, 3.8) is 0 Å². The van der Waals surface area contributed by atoms with Crippen LogP contribution in [0, 0.1) is 11.8 Å². The number of nitrogens with zero attached hydrogens (tertiary/aromatic N) is 2. The molecule has 2 heterocycles. The number of aromatic amines is 2. The van der Waals surface area contributed by atoms with Gasteiger partial charge in [-0.1, -0.05) is 0 Å². The number of fused-ring (bicyclic) bond motifs is 1. The topological polar surface area (TPSA) is 91.5 Å². The van der Waals surface area contributed by atoms with Gasteiger partial charge in [-0.05, 0) is 11.8 Å². The average molecular weight is 188 g/mol. The summed E-state index contributed by atoms with van der Waals surface area (Å²) in [7, 11) is 0. The number of nitrogens with one attached hydrogen (secondary N) is 2. The molecule has 0 unspecified atom stereocenters. The van der Waals surface area contributed by atoms with Crippen molar-refractivity contribution >= 4 is 17.3 Å². The third-order valence-electron chi connectivity index (χ3n) is 1.61. The van der Waals surface area contributed by atoms with Gasteiger partial charge in [-0.25, -0.2) is 4.98 Å². The van der Waals surface area contributed by atoms with Crippen LogP contribution >= 0.6 is 0 Å². The maximum atomic E-state index is 11.3. The molecule has 0 fully saturated rings. The molecule has 6 heteroatoms. The first-order chi connectivity index (χ1) is 6.83. The number of aldehydes is 1. The molecular weight excluding hydrogens is 184 g/mol. The molecule has 0 atom stereocenters. The van der Waals surface area contributed by atoms with Gasteiger partial charge in [-0.2, -0.15) is 5.10 Å². The Labute approximate surface area is 77.4 Å². The monoisotopic (exact) mass is 188 g/mol. The van der Waals surface area contributed by atoms with E-state index in [-0.39, 0.29) is 16.6 Å². The lowest BCUT2D eigenvalue weighted by Crippen LogP contribution is -2.05. The maximum absolute atomic E-state index is 11.3. The molecule has 2 N–H and O–H groups in total. The van der Waals surface area contributed by atoms with Crippen LogP contribution in [0.5, 0.6) is 0 Å². The van der Waals surface area contributed by atoms with E-state index < -0.39 is 0 Å². The van der Waals surface area contributed by atoms with Crippen LogP contribution in [0.2, 0.25) is 0 Å². The Morgan fingerprint density at radius 2 is 2.36 bits per heavy atom. The normalized spacial score (nSPS) is 9.43. The molecule has 0 aliphatic carbocycles. The van der Waals surface area contributed by atoms with Crippen molar-refractivity contribution < 1.29 is 4.79 Å². The Morgan fingerprint density at radius 1 is 1.50 bits per heavy atom. The van der Waals surface area contributed by atoms with Crippen LogP contribution in [0.3, 0.4) is 0 Å². The summed E-state index contributed by atoms with van der Waals surface area (Å²) in [6.07, 6.45) is 1.69. The minimum atomic E-state index is -0.334. The summed E-state index contributed by atoms with van der Waals surface area (Å²) in [6, 6.07) is 0. The molecule has 0 aliphatic heterocycles. The number of aromatic nitrogens is 4. The van der Waals surface area contributed by atoms with E-state index in [0.29, 0.717) is 12.0 Å². The first-order valence-corrected chi connectivity index (χ1v) is 3.70. The Bertz CT molecular complexity index is 599. The molecule has 0 bridgehead atoms. The van der Waals surface area contributed by atoms with Crippen molar-refractivity contribution in [2.24, 2.45) is 0 Å². The second kappa shape index (κ2) is 3.14. The number of H-pyrrole nitrogens is 2. The van der Waals surface area contributed by atoms with Gasteiger partial charge in [0.2, 0.25) is 0 Å². The number of hydrogen-bond donors (Lipinski definition) is 2. The minimum Gasteiger partial charge on any atom is -0.312 e. The van der Waals surface area contributed by atoms with Gasteiger partial charge in [0.15, 0.2) is 11.9 Å². The van der Waals surface area contributed by atoms with E-state index >= 15 is 0 Å².